The van der Waals surface area contributed by atoms with E-state index in [0.717, 1.165) is 58.0 Å². The largest absolute Gasteiger partial charge is 0.392 e. The number of hydrogen-bond donors (Lipinski definition) is 2. The second kappa shape index (κ2) is 8.13. The molecule has 0 atom stereocenters. The minimum Gasteiger partial charge on any atom is -0.392 e. The van der Waals surface area contributed by atoms with Crippen LogP contribution in [0.3, 0.4) is 0 Å². The maximum absolute atomic E-state index is 11.1. The summed E-state index contributed by atoms with van der Waals surface area (Å²) in [5, 5.41) is 11.4. The van der Waals surface area contributed by atoms with Crippen LogP contribution in [-0.4, -0.2) is 34.1 Å². The van der Waals surface area contributed by atoms with Crippen molar-refractivity contribution in [3.8, 4) is 12.3 Å². The Bertz CT molecular complexity index is 490. The van der Waals surface area contributed by atoms with E-state index < -0.39 is 5.60 Å². The van der Waals surface area contributed by atoms with Gasteiger partial charge in [-0.15, -0.1) is 18.0 Å². The van der Waals surface area contributed by atoms with Crippen LogP contribution in [0, 0.1) is 18.3 Å². The molecule has 0 amide bonds. The number of likely N-dealkylation sites (tertiary alicyclic amines) is 1. The molecule has 4 heteroatoms. The summed E-state index contributed by atoms with van der Waals surface area (Å²) in [5.74, 6) is 2.84. The Kier molecular flexibility index (Phi) is 6.44. The lowest BCUT2D eigenvalue weighted by molar-refractivity contribution is -0.0726. The summed E-state index contributed by atoms with van der Waals surface area (Å²) in [5.41, 5.74) is 6.83. The standard InChI is InChI=1S/C19H29ClN2O/c1-3-17(21)9-10-18(4-2)22-13-11-19(23,12-14-22)15-5-7-16(20)8-6-15/h1,9-10,15-16,23H,4-8,11-14,21H2,2H3/b17-9+,18-10+. The molecule has 2 aliphatic rings. The zero-order valence-electron chi connectivity index (χ0n) is 14.1. The molecule has 128 valence electrons. The Hall–Kier alpha value is -1.11. The molecule has 2 rings (SSSR count). The van der Waals surface area contributed by atoms with E-state index in [1.165, 1.54) is 5.70 Å². The highest BCUT2D eigenvalue weighted by molar-refractivity contribution is 6.20. The molecular weight excluding hydrogens is 308 g/mol. The summed E-state index contributed by atoms with van der Waals surface area (Å²) in [6, 6.07) is 0. The van der Waals surface area contributed by atoms with Crippen LogP contribution in [0.5, 0.6) is 0 Å². The molecule has 23 heavy (non-hydrogen) atoms. The minimum atomic E-state index is -0.514. The molecule has 1 aliphatic carbocycles. The van der Waals surface area contributed by atoms with Gasteiger partial charge in [-0.3, -0.25) is 0 Å². The van der Waals surface area contributed by atoms with Crippen LogP contribution in [-0.2, 0) is 0 Å². The van der Waals surface area contributed by atoms with Crippen molar-refractivity contribution in [2.75, 3.05) is 13.1 Å². The van der Waals surface area contributed by atoms with Gasteiger partial charge in [-0.1, -0.05) is 12.8 Å². The number of hydrogen-bond acceptors (Lipinski definition) is 3. The molecule has 0 radical (unpaired) electrons. The summed E-state index contributed by atoms with van der Waals surface area (Å²) in [4.78, 5) is 2.35. The quantitative estimate of drug-likeness (QED) is 0.470. The second-order valence-electron chi connectivity index (χ2n) is 6.82. The van der Waals surface area contributed by atoms with Crippen molar-refractivity contribution >= 4 is 11.6 Å². The lowest BCUT2D eigenvalue weighted by Gasteiger charge is -2.46. The summed E-state index contributed by atoms with van der Waals surface area (Å²) in [7, 11) is 0. The molecule has 3 nitrogen and oxygen atoms in total. The maximum atomic E-state index is 11.1. The second-order valence-corrected chi connectivity index (χ2v) is 7.43. The van der Waals surface area contributed by atoms with Crippen molar-refractivity contribution in [2.45, 2.75) is 62.8 Å². The van der Waals surface area contributed by atoms with Gasteiger partial charge in [0.05, 0.1) is 11.3 Å². The number of rotatable bonds is 4. The van der Waals surface area contributed by atoms with Crippen molar-refractivity contribution in [3.63, 3.8) is 0 Å². The Balaban J connectivity index is 1.95. The van der Waals surface area contributed by atoms with Gasteiger partial charge in [-0.2, -0.15) is 0 Å². The van der Waals surface area contributed by atoms with Gasteiger partial charge < -0.3 is 15.7 Å². The predicted octanol–water partition coefficient (Wildman–Crippen LogP) is 3.38. The van der Waals surface area contributed by atoms with E-state index in [9.17, 15) is 5.11 Å². The van der Waals surface area contributed by atoms with Crippen LogP contribution in [0.4, 0.5) is 0 Å². The fourth-order valence-corrected chi connectivity index (χ4v) is 4.11. The van der Waals surface area contributed by atoms with E-state index in [1.54, 1.807) is 6.08 Å². The molecule has 1 saturated heterocycles. The third kappa shape index (κ3) is 4.68. The van der Waals surface area contributed by atoms with Crippen LogP contribution >= 0.6 is 11.6 Å². The lowest BCUT2D eigenvalue weighted by Crippen LogP contribution is -2.49. The number of nitrogens with two attached hydrogens (primary N) is 1. The fraction of sp³-hybridized carbons (Fsp3) is 0.684. The summed E-state index contributed by atoms with van der Waals surface area (Å²) in [6.45, 7) is 3.91. The van der Waals surface area contributed by atoms with Crippen molar-refractivity contribution in [3.05, 3.63) is 23.5 Å². The predicted molar refractivity (Wildman–Crippen MR) is 96.8 cm³/mol. The van der Waals surface area contributed by atoms with Gasteiger partial charge in [-0.25, -0.2) is 0 Å². The van der Waals surface area contributed by atoms with Crippen LogP contribution in [0.15, 0.2) is 23.5 Å². The molecule has 0 bridgehead atoms. The summed E-state index contributed by atoms with van der Waals surface area (Å²) >= 11 is 6.20. The van der Waals surface area contributed by atoms with E-state index in [1.807, 2.05) is 6.08 Å². The number of alkyl halides is 1. The Morgan fingerprint density at radius 3 is 2.43 bits per heavy atom. The molecule has 1 saturated carbocycles. The van der Waals surface area contributed by atoms with E-state index in [-0.39, 0.29) is 0 Å². The number of nitrogens with zero attached hydrogens (tertiary/aromatic N) is 1. The number of piperidine rings is 1. The molecule has 0 aromatic carbocycles. The molecule has 0 unspecified atom stereocenters. The molecular formula is C19H29ClN2O. The topological polar surface area (TPSA) is 49.5 Å². The van der Waals surface area contributed by atoms with Crippen molar-refractivity contribution in [1.82, 2.24) is 4.90 Å². The zero-order valence-corrected chi connectivity index (χ0v) is 14.9. The first kappa shape index (κ1) is 18.2. The third-order valence-electron chi connectivity index (χ3n) is 5.44. The first-order chi connectivity index (χ1) is 11.0. The van der Waals surface area contributed by atoms with Crippen LogP contribution in [0.2, 0.25) is 0 Å². The highest BCUT2D eigenvalue weighted by Crippen LogP contribution is 2.40. The van der Waals surface area contributed by atoms with Crippen LogP contribution in [0.25, 0.3) is 0 Å². The lowest BCUT2D eigenvalue weighted by atomic mass is 9.72. The Labute approximate surface area is 145 Å². The van der Waals surface area contributed by atoms with Gasteiger partial charge in [0.25, 0.3) is 0 Å². The van der Waals surface area contributed by atoms with Gasteiger partial charge >= 0.3 is 0 Å². The SMILES string of the molecule is C#C/C(N)=C\C=C(/CC)N1CCC(O)(C2CCC(Cl)CC2)CC1. The monoisotopic (exact) mass is 336 g/mol. The first-order valence-corrected chi connectivity index (χ1v) is 9.16. The molecule has 3 N–H and O–H groups in total. The first-order valence-electron chi connectivity index (χ1n) is 8.73. The van der Waals surface area contributed by atoms with E-state index in [2.05, 4.69) is 17.7 Å². The van der Waals surface area contributed by atoms with E-state index >= 15 is 0 Å². The molecule has 2 fully saturated rings. The van der Waals surface area contributed by atoms with Gasteiger partial charge in [0, 0.05) is 24.2 Å². The Morgan fingerprint density at radius 2 is 1.91 bits per heavy atom. The third-order valence-corrected chi connectivity index (χ3v) is 5.87. The van der Waals surface area contributed by atoms with Gasteiger partial charge in [0.2, 0.25) is 0 Å². The van der Waals surface area contributed by atoms with Crippen LogP contribution < -0.4 is 5.73 Å². The molecule has 0 aromatic rings. The zero-order chi connectivity index (χ0) is 16.9. The smallest absolute Gasteiger partial charge is 0.0825 e. The summed E-state index contributed by atoms with van der Waals surface area (Å²) in [6.07, 6.45) is 15.9. The number of aliphatic hydroxyl groups is 1. The average molecular weight is 337 g/mol. The van der Waals surface area contributed by atoms with Crippen molar-refractivity contribution < 1.29 is 5.11 Å². The maximum Gasteiger partial charge on any atom is 0.0825 e. The highest BCUT2D eigenvalue weighted by atomic mass is 35.5. The minimum absolute atomic E-state index is 0.304. The molecule has 1 aliphatic heterocycles. The molecule has 0 aromatic heterocycles. The van der Waals surface area contributed by atoms with E-state index in [0.29, 0.717) is 17.0 Å². The normalized spacial score (nSPS) is 29.2. The molecule has 1 heterocycles. The fourth-order valence-electron chi connectivity index (χ4n) is 3.86. The number of allylic oxidation sites excluding steroid dienone is 4. The average Bonchev–Trinajstić information content (AvgIpc) is 2.57. The summed E-state index contributed by atoms with van der Waals surface area (Å²) < 4.78 is 0. The van der Waals surface area contributed by atoms with Crippen molar-refractivity contribution in [2.24, 2.45) is 11.7 Å². The molecule has 0 spiro atoms. The highest BCUT2D eigenvalue weighted by Gasteiger charge is 2.41. The van der Waals surface area contributed by atoms with Crippen molar-refractivity contribution in [1.29, 1.82) is 0 Å². The van der Waals surface area contributed by atoms with Crippen LogP contribution in [0.1, 0.15) is 51.9 Å². The number of halogens is 1. The van der Waals surface area contributed by atoms with E-state index in [4.69, 9.17) is 23.8 Å². The van der Waals surface area contributed by atoms with Gasteiger partial charge in [-0.05, 0) is 63.0 Å². The number of terminal acetylenes is 1. The van der Waals surface area contributed by atoms with Gasteiger partial charge in [0.15, 0.2) is 0 Å². The van der Waals surface area contributed by atoms with Gasteiger partial charge in [0.1, 0.15) is 0 Å². The Morgan fingerprint density at radius 1 is 1.30 bits per heavy atom.